The Hall–Kier alpha value is -2.18. The van der Waals surface area contributed by atoms with Crippen LogP contribution in [0.5, 0.6) is 0 Å². The number of rotatable bonds is 2. The molecule has 1 amide bonds. The Morgan fingerprint density at radius 2 is 2.33 bits per heavy atom. The van der Waals surface area contributed by atoms with Crippen LogP contribution in [0.4, 0.5) is 5.95 Å². The van der Waals surface area contributed by atoms with Gasteiger partial charge < -0.3 is 4.57 Å². The monoisotopic (exact) mass is 246 g/mol. The lowest BCUT2D eigenvalue weighted by atomic mass is 10.1. The Labute approximate surface area is 104 Å². The summed E-state index contributed by atoms with van der Waals surface area (Å²) in [5, 5.41) is 14.5. The third-order valence-electron chi connectivity index (χ3n) is 3.16. The number of carbonyl (C=O) groups excluding carboxylic acids is 1. The molecular formula is C11H14N6O. The van der Waals surface area contributed by atoms with Crippen LogP contribution in [0.1, 0.15) is 28.9 Å². The number of aromatic nitrogens is 5. The lowest BCUT2D eigenvalue weighted by Gasteiger charge is -2.14. The van der Waals surface area contributed by atoms with Gasteiger partial charge in [-0.15, -0.1) is 10.2 Å². The molecule has 2 aromatic rings. The first-order valence-corrected chi connectivity index (χ1v) is 5.96. The predicted molar refractivity (Wildman–Crippen MR) is 64.1 cm³/mol. The summed E-state index contributed by atoms with van der Waals surface area (Å²) in [6, 6.07) is 0. The first-order chi connectivity index (χ1) is 8.75. The molecule has 7 heteroatoms. The van der Waals surface area contributed by atoms with Gasteiger partial charge in [0.05, 0.1) is 17.5 Å². The second kappa shape index (κ2) is 4.25. The Bertz CT molecular complexity index is 584. The highest BCUT2D eigenvalue weighted by Gasteiger charge is 2.20. The van der Waals surface area contributed by atoms with E-state index in [1.54, 1.807) is 24.1 Å². The molecule has 0 aromatic carbocycles. The minimum atomic E-state index is -0.172. The van der Waals surface area contributed by atoms with E-state index < -0.39 is 0 Å². The molecule has 1 aliphatic heterocycles. The Morgan fingerprint density at radius 1 is 1.44 bits per heavy atom. The number of hydrogen-bond acceptors (Lipinski definition) is 4. The van der Waals surface area contributed by atoms with E-state index in [4.69, 9.17) is 0 Å². The summed E-state index contributed by atoms with van der Waals surface area (Å²) in [6.07, 6.45) is 6.31. The molecule has 0 bridgehead atoms. The van der Waals surface area contributed by atoms with E-state index in [1.807, 2.05) is 4.68 Å². The fourth-order valence-electron chi connectivity index (χ4n) is 2.18. The van der Waals surface area contributed by atoms with Crippen molar-refractivity contribution in [3.63, 3.8) is 0 Å². The zero-order valence-corrected chi connectivity index (χ0v) is 10.1. The van der Waals surface area contributed by atoms with E-state index in [-0.39, 0.29) is 5.91 Å². The zero-order chi connectivity index (χ0) is 12.5. The van der Waals surface area contributed by atoms with Crippen LogP contribution in [-0.4, -0.2) is 30.5 Å². The molecule has 1 N–H and O–H groups in total. The van der Waals surface area contributed by atoms with Gasteiger partial charge in [-0.05, 0) is 19.3 Å². The van der Waals surface area contributed by atoms with Crippen molar-refractivity contribution in [3.8, 4) is 0 Å². The van der Waals surface area contributed by atoms with Crippen molar-refractivity contribution in [2.75, 3.05) is 5.32 Å². The second-order valence-corrected chi connectivity index (χ2v) is 4.40. The average Bonchev–Trinajstić information content (AvgIpc) is 2.96. The van der Waals surface area contributed by atoms with Gasteiger partial charge in [-0.3, -0.25) is 14.8 Å². The molecule has 0 fully saturated rings. The lowest BCUT2D eigenvalue weighted by Crippen LogP contribution is -2.19. The molecule has 3 heterocycles. The number of nitrogens with zero attached hydrogens (tertiary/aromatic N) is 5. The van der Waals surface area contributed by atoms with Gasteiger partial charge in [0.1, 0.15) is 6.33 Å². The van der Waals surface area contributed by atoms with Crippen LogP contribution < -0.4 is 5.32 Å². The fraction of sp³-hybridized carbons (Fsp3) is 0.455. The van der Waals surface area contributed by atoms with Crippen molar-refractivity contribution in [1.82, 2.24) is 24.5 Å². The van der Waals surface area contributed by atoms with Gasteiger partial charge in [0.25, 0.3) is 5.91 Å². The molecule has 0 saturated heterocycles. The Morgan fingerprint density at radius 3 is 3.11 bits per heavy atom. The summed E-state index contributed by atoms with van der Waals surface area (Å²) in [5.74, 6) is 0.269. The number of carbonyl (C=O) groups is 1. The third kappa shape index (κ3) is 1.77. The van der Waals surface area contributed by atoms with E-state index in [0.717, 1.165) is 31.5 Å². The van der Waals surface area contributed by atoms with Crippen molar-refractivity contribution in [2.24, 2.45) is 7.05 Å². The molecule has 0 atom stereocenters. The average molecular weight is 246 g/mol. The van der Waals surface area contributed by atoms with Gasteiger partial charge in [-0.2, -0.15) is 5.10 Å². The molecule has 94 valence electrons. The molecule has 18 heavy (non-hydrogen) atoms. The molecule has 0 saturated carbocycles. The number of hydrogen-bond donors (Lipinski definition) is 1. The number of amides is 1. The number of anilines is 1. The highest BCUT2D eigenvalue weighted by molar-refractivity contribution is 6.04. The highest BCUT2D eigenvalue weighted by Crippen LogP contribution is 2.18. The van der Waals surface area contributed by atoms with Gasteiger partial charge in [-0.25, -0.2) is 0 Å². The van der Waals surface area contributed by atoms with Crippen LogP contribution in [0.2, 0.25) is 0 Å². The van der Waals surface area contributed by atoms with Crippen LogP contribution in [0.25, 0.3) is 0 Å². The van der Waals surface area contributed by atoms with E-state index in [9.17, 15) is 4.79 Å². The van der Waals surface area contributed by atoms with E-state index in [1.165, 1.54) is 0 Å². The van der Waals surface area contributed by atoms with Crippen molar-refractivity contribution < 1.29 is 4.79 Å². The van der Waals surface area contributed by atoms with Gasteiger partial charge in [0, 0.05) is 13.6 Å². The van der Waals surface area contributed by atoms with E-state index in [2.05, 4.69) is 20.6 Å². The molecule has 0 unspecified atom stereocenters. The summed E-state index contributed by atoms with van der Waals surface area (Å²) in [7, 11) is 1.78. The summed E-state index contributed by atoms with van der Waals surface area (Å²) >= 11 is 0. The molecule has 1 aliphatic rings. The minimum Gasteiger partial charge on any atom is -0.303 e. The molecule has 2 aromatic heterocycles. The minimum absolute atomic E-state index is 0.172. The van der Waals surface area contributed by atoms with Crippen molar-refractivity contribution in [3.05, 3.63) is 23.8 Å². The number of aryl methyl sites for hydroxylation is 2. The van der Waals surface area contributed by atoms with Gasteiger partial charge in [0.2, 0.25) is 5.95 Å². The highest BCUT2D eigenvalue weighted by atomic mass is 16.1. The first kappa shape index (κ1) is 10.9. The van der Waals surface area contributed by atoms with Crippen molar-refractivity contribution in [1.29, 1.82) is 0 Å². The Kier molecular flexibility index (Phi) is 2.58. The van der Waals surface area contributed by atoms with Crippen molar-refractivity contribution >= 4 is 11.9 Å². The smallest absolute Gasteiger partial charge is 0.261 e. The normalized spacial score (nSPS) is 14.3. The maximum atomic E-state index is 12.2. The molecule has 3 rings (SSSR count). The van der Waals surface area contributed by atoms with Gasteiger partial charge >= 0.3 is 0 Å². The summed E-state index contributed by atoms with van der Waals surface area (Å²) in [4.78, 5) is 12.2. The fourth-order valence-corrected chi connectivity index (χ4v) is 2.18. The molecule has 0 radical (unpaired) electrons. The van der Waals surface area contributed by atoms with E-state index in [0.29, 0.717) is 11.5 Å². The maximum absolute atomic E-state index is 12.2. The van der Waals surface area contributed by atoms with Gasteiger partial charge in [-0.1, -0.05) is 0 Å². The molecule has 7 nitrogen and oxygen atoms in total. The topological polar surface area (TPSA) is 77.6 Å². The van der Waals surface area contributed by atoms with Crippen LogP contribution in [0, 0.1) is 0 Å². The van der Waals surface area contributed by atoms with Crippen LogP contribution in [0.15, 0.2) is 12.5 Å². The largest absolute Gasteiger partial charge is 0.303 e. The van der Waals surface area contributed by atoms with E-state index >= 15 is 0 Å². The quantitative estimate of drug-likeness (QED) is 0.841. The molecule has 0 spiro atoms. The zero-order valence-electron chi connectivity index (χ0n) is 10.1. The number of fused-ring (bicyclic) bond motifs is 1. The maximum Gasteiger partial charge on any atom is 0.261 e. The molecule has 0 aliphatic carbocycles. The standard InChI is InChI=1S/C11H14N6O/c1-16-7-12-15-11(16)14-10(18)8-6-13-17-5-3-2-4-9(8)17/h6-7H,2-5H2,1H3,(H,14,15,18). The molecular weight excluding hydrogens is 232 g/mol. The van der Waals surface area contributed by atoms with Crippen LogP contribution in [0.3, 0.4) is 0 Å². The first-order valence-electron chi connectivity index (χ1n) is 5.96. The number of nitrogens with one attached hydrogen (secondary N) is 1. The van der Waals surface area contributed by atoms with Crippen molar-refractivity contribution in [2.45, 2.75) is 25.8 Å². The van der Waals surface area contributed by atoms with Crippen LogP contribution >= 0.6 is 0 Å². The predicted octanol–water partition coefficient (Wildman–Crippen LogP) is 0.600. The van der Waals surface area contributed by atoms with Gasteiger partial charge in [0.15, 0.2) is 0 Å². The summed E-state index contributed by atoms with van der Waals surface area (Å²) < 4.78 is 3.57. The lowest BCUT2D eigenvalue weighted by molar-refractivity contribution is 0.102. The SMILES string of the molecule is Cn1cnnc1NC(=O)c1cnn2c1CCCC2. The summed E-state index contributed by atoms with van der Waals surface area (Å²) in [6.45, 7) is 0.895. The van der Waals surface area contributed by atoms with Crippen LogP contribution in [-0.2, 0) is 20.0 Å². The summed E-state index contributed by atoms with van der Waals surface area (Å²) in [5.41, 5.74) is 1.65. The Balaban J connectivity index is 1.85. The third-order valence-corrected chi connectivity index (χ3v) is 3.16. The second-order valence-electron chi connectivity index (χ2n) is 4.40.